The van der Waals surface area contributed by atoms with Crippen LogP contribution in [-0.2, 0) is 19.1 Å². The molecule has 4 heteroatoms. The second kappa shape index (κ2) is 5.33. The summed E-state index contributed by atoms with van der Waals surface area (Å²) < 4.78 is 10.2. The Morgan fingerprint density at radius 2 is 1.10 bits per heavy atom. The maximum absolute atomic E-state index is 11.9. The van der Waals surface area contributed by atoms with Gasteiger partial charge in [0.15, 0.2) is 17.3 Å². The molecule has 0 radical (unpaired) electrons. The van der Waals surface area contributed by atoms with Crippen LogP contribution in [0.4, 0.5) is 0 Å². The van der Waals surface area contributed by atoms with Crippen molar-refractivity contribution in [3.8, 4) is 0 Å². The second-order valence-corrected chi connectivity index (χ2v) is 4.65. The standard InChI is InChI=1S/C16H16O4/c1-9-5-11(6-10(2)15(9)17)12-7-13(19-3)16(18)14(8-12)20-4/h5-8H,1-4H3. The van der Waals surface area contributed by atoms with Gasteiger partial charge in [-0.2, -0.15) is 0 Å². The van der Waals surface area contributed by atoms with Crippen molar-refractivity contribution in [1.29, 1.82) is 0 Å². The third-order valence-electron chi connectivity index (χ3n) is 3.25. The van der Waals surface area contributed by atoms with E-state index in [2.05, 4.69) is 0 Å². The molecule has 2 rings (SSSR count). The Balaban J connectivity index is 2.59. The lowest BCUT2D eigenvalue weighted by atomic mass is 9.91. The number of Topliss-reactive ketones (excluding diaryl/α,β-unsaturated/α-hetero) is 2. The Morgan fingerprint density at radius 3 is 1.50 bits per heavy atom. The van der Waals surface area contributed by atoms with Crippen LogP contribution in [0, 0.1) is 0 Å². The molecule has 2 aliphatic rings. The zero-order valence-electron chi connectivity index (χ0n) is 11.9. The molecular weight excluding hydrogens is 256 g/mol. The molecule has 0 fully saturated rings. The van der Waals surface area contributed by atoms with Crippen LogP contribution in [0.1, 0.15) is 13.8 Å². The van der Waals surface area contributed by atoms with Gasteiger partial charge in [-0.3, -0.25) is 9.59 Å². The van der Waals surface area contributed by atoms with Crippen LogP contribution < -0.4 is 0 Å². The molecule has 0 spiro atoms. The van der Waals surface area contributed by atoms with E-state index in [1.807, 2.05) is 0 Å². The molecule has 0 saturated heterocycles. The largest absolute Gasteiger partial charge is 0.492 e. The van der Waals surface area contributed by atoms with E-state index in [9.17, 15) is 9.59 Å². The third kappa shape index (κ3) is 2.37. The molecule has 0 aliphatic heterocycles. The highest BCUT2D eigenvalue weighted by Crippen LogP contribution is 2.27. The predicted octanol–water partition coefficient (Wildman–Crippen LogP) is 2.40. The average molecular weight is 272 g/mol. The molecule has 2 aliphatic carbocycles. The van der Waals surface area contributed by atoms with Gasteiger partial charge in [0, 0.05) is 0 Å². The Labute approximate surface area is 117 Å². The van der Waals surface area contributed by atoms with Gasteiger partial charge in [-0.05, 0) is 60.4 Å². The normalized spacial score (nSPS) is 19.2. The predicted molar refractivity (Wildman–Crippen MR) is 74.7 cm³/mol. The summed E-state index contributed by atoms with van der Waals surface area (Å²) in [5.74, 6) is 0.197. The summed E-state index contributed by atoms with van der Waals surface area (Å²) in [6.45, 7) is 3.55. The molecule has 4 nitrogen and oxygen atoms in total. The number of carbonyl (C=O) groups is 2. The minimum atomic E-state index is -0.285. The molecule has 0 aromatic rings. The van der Waals surface area contributed by atoms with Gasteiger partial charge in [0.25, 0.3) is 5.78 Å². The van der Waals surface area contributed by atoms with Crippen molar-refractivity contribution in [2.75, 3.05) is 14.2 Å². The minimum absolute atomic E-state index is 0.0353. The van der Waals surface area contributed by atoms with E-state index in [1.54, 1.807) is 38.2 Å². The Kier molecular flexibility index (Phi) is 3.74. The van der Waals surface area contributed by atoms with Crippen LogP contribution in [0.5, 0.6) is 0 Å². The van der Waals surface area contributed by atoms with Crippen LogP contribution in [0.3, 0.4) is 0 Å². The number of ether oxygens (including phenoxy) is 2. The van der Waals surface area contributed by atoms with E-state index in [0.717, 1.165) is 11.1 Å². The molecule has 0 unspecified atom stereocenters. The summed E-state index contributed by atoms with van der Waals surface area (Å²) in [7, 11) is 2.88. The van der Waals surface area contributed by atoms with Crippen LogP contribution >= 0.6 is 0 Å². The van der Waals surface area contributed by atoms with Crippen molar-refractivity contribution in [2.24, 2.45) is 0 Å². The lowest BCUT2D eigenvalue weighted by Crippen LogP contribution is -2.14. The first-order valence-corrected chi connectivity index (χ1v) is 6.19. The number of methoxy groups -OCH3 is 2. The minimum Gasteiger partial charge on any atom is -0.492 e. The number of allylic oxidation sites excluding steroid dienone is 8. The zero-order valence-corrected chi connectivity index (χ0v) is 11.9. The molecule has 104 valence electrons. The van der Waals surface area contributed by atoms with E-state index < -0.39 is 0 Å². The van der Waals surface area contributed by atoms with Gasteiger partial charge in [-0.25, -0.2) is 0 Å². The highest BCUT2D eigenvalue weighted by Gasteiger charge is 2.23. The maximum atomic E-state index is 11.9. The first-order chi connectivity index (χ1) is 9.47. The molecule has 20 heavy (non-hydrogen) atoms. The summed E-state index contributed by atoms with van der Waals surface area (Å²) in [4.78, 5) is 23.7. The SMILES string of the molecule is COC1=CC(=C2C=C(C)C(=O)C(C)=C2)C=C(OC)C1=O. The molecule has 0 amide bonds. The van der Waals surface area contributed by atoms with Crippen molar-refractivity contribution in [3.63, 3.8) is 0 Å². The molecule has 0 bridgehead atoms. The lowest BCUT2D eigenvalue weighted by molar-refractivity contribution is -0.118. The van der Waals surface area contributed by atoms with Crippen molar-refractivity contribution in [1.82, 2.24) is 0 Å². The van der Waals surface area contributed by atoms with Crippen molar-refractivity contribution >= 4 is 11.6 Å². The van der Waals surface area contributed by atoms with E-state index in [1.165, 1.54) is 14.2 Å². The molecule has 0 atom stereocenters. The Morgan fingerprint density at radius 1 is 0.700 bits per heavy atom. The van der Waals surface area contributed by atoms with E-state index >= 15 is 0 Å². The summed E-state index contributed by atoms with van der Waals surface area (Å²) >= 11 is 0. The van der Waals surface area contributed by atoms with Crippen LogP contribution in [0.15, 0.2) is 58.1 Å². The number of hydrogen-bond donors (Lipinski definition) is 0. The number of hydrogen-bond acceptors (Lipinski definition) is 4. The second-order valence-electron chi connectivity index (χ2n) is 4.65. The molecule has 0 heterocycles. The first kappa shape index (κ1) is 14.1. The molecule has 0 aromatic carbocycles. The van der Waals surface area contributed by atoms with Gasteiger partial charge in [0.1, 0.15) is 0 Å². The van der Waals surface area contributed by atoms with Crippen LogP contribution in [-0.4, -0.2) is 25.8 Å². The topological polar surface area (TPSA) is 52.6 Å². The van der Waals surface area contributed by atoms with Gasteiger partial charge in [0.2, 0.25) is 0 Å². The average Bonchev–Trinajstić information content (AvgIpc) is 2.44. The molecular formula is C16H16O4. The lowest BCUT2D eigenvalue weighted by Gasteiger charge is -2.17. The highest BCUT2D eigenvalue weighted by molar-refractivity contribution is 6.10. The van der Waals surface area contributed by atoms with Crippen molar-refractivity contribution < 1.29 is 19.1 Å². The highest BCUT2D eigenvalue weighted by atomic mass is 16.5. The summed E-state index contributed by atoms with van der Waals surface area (Å²) in [5.41, 5.74) is 2.98. The number of carbonyl (C=O) groups excluding carboxylic acids is 2. The van der Waals surface area contributed by atoms with Crippen LogP contribution in [0.25, 0.3) is 0 Å². The van der Waals surface area contributed by atoms with E-state index in [0.29, 0.717) is 11.1 Å². The molecule has 0 N–H and O–H groups in total. The Bertz CT molecular complexity index is 589. The van der Waals surface area contributed by atoms with Gasteiger partial charge in [-0.15, -0.1) is 0 Å². The number of ketones is 2. The maximum Gasteiger partial charge on any atom is 0.261 e. The summed E-state index contributed by atoms with van der Waals surface area (Å²) in [6, 6.07) is 0. The van der Waals surface area contributed by atoms with Crippen molar-refractivity contribution in [3.05, 3.63) is 58.1 Å². The Hall–Kier alpha value is -2.36. The quantitative estimate of drug-likeness (QED) is 0.774. The fourth-order valence-electron chi connectivity index (χ4n) is 2.16. The van der Waals surface area contributed by atoms with E-state index in [4.69, 9.17) is 9.47 Å². The molecule has 0 saturated carbocycles. The van der Waals surface area contributed by atoms with Gasteiger partial charge >= 0.3 is 0 Å². The number of rotatable bonds is 2. The zero-order chi connectivity index (χ0) is 14.9. The molecule has 0 aromatic heterocycles. The monoisotopic (exact) mass is 272 g/mol. The van der Waals surface area contributed by atoms with Crippen molar-refractivity contribution in [2.45, 2.75) is 13.8 Å². The fraction of sp³-hybridized carbons (Fsp3) is 0.250. The fourth-order valence-corrected chi connectivity index (χ4v) is 2.16. The first-order valence-electron chi connectivity index (χ1n) is 6.19. The van der Waals surface area contributed by atoms with Gasteiger partial charge in [-0.1, -0.05) is 0 Å². The van der Waals surface area contributed by atoms with Gasteiger partial charge < -0.3 is 9.47 Å². The van der Waals surface area contributed by atoms with Crippen LogP contribution in [0.2, 0.25) is 0 Å². The smallest absolute Gasteiger partial charge is 0.261 e. The van der Waals surface area contributed by atoms with E-state index in [-0.39, 0.29) is 23.1 Å². The third-order valence-corrected chi connectivity index (χ3v) is 3.25. The summed E-state index contributed by atoms with van der Waals surface area (Å²) in [6.07, 6.45) is 6.91. The summed E-state index contributed by atoms with van der Waals surface area (Å²) in [5, 5.41) is 0. The van der Waals surface area contributed by atoms with Gasteiger partial charge in [0.05, 0.1) is 14.2 Å².